The molecule has 90 valence electrons. The normalized spacial score (nSPS) is 12.6. The van der Waals surface area contributed by atoms with Gasteiger partial charge >= 0.3 is 12.0 Å². The Morgan fingerprint density at radius 1 is 1.06 bits per heavy atom. The molecule has 1 unspecified atom stereocenters. The number of nitrogens with two attached hydrogens (primary N) is 1. The van der Waals surface area contributed by atoms with E-state index < -0.39 is 0 Å². The number of ether oxygens (including phenoxy) is 2. The van der Waals surface area contributed by atoms with Crippen LogP contribution in [0, 0.1) is 5.92 Å². The molecule has 1 heterocycles. The summed E-state index contributed by atoms with van der Waals surface area (Å²) in [6.07, 6.45) is 0.576. The fourth-order valence-corrected chi connectivity index (χ4v) is 1.10. The van der Waals surface area contributed by atoms with E-state index in [0.717, 1.165) is 0 Å². The number of aromatic nitrogens is 3. The number of nitrogens with zero attached hydrogens (tertiary/aromatic N) is 3. The molecule has 2 N–H and O–H groups in total. The summed E-state index contributed by atoms with van der Waals surface area (Å²) in [6, 6.07) is 0.507. The molecule has 6 heteroatoms. The number of hydrogen-bond acceptors (Lipinski definition) is 6. The lowest BCUT2D eigenvalue weighted by molar-refractivity contribution is 0.334. The number of methoxy groups -OCH3 is 2. The van der Waals surface area contributed by atoms with E-state index in [-0.39, 0.29) is 18.1 Å². The molecule has 0 amide bonds. The molecular weight excluding hydrogens is 208 g/mol. The van der Waals surface area contributed by atoms with Crippen LogP contribution in [-0.2, 0) is 6.42 Å². The highest BCUT2D eigenvalue weighted by molar-refractivity contribution is 5.06. The first-order valence-corrected chi connectivity index (χ1v) is 5.15. The molecule has 1 rings (SSSR count). The molecule has 0 bridgehead atoms. The molecule has 1 aromatic heterocycles. The summed E-state index contributed by atoms with van der Waals surface area (Å²) in [5, 5.41) is 0. The van der Waals surface area contributed by atoms with Crippen molar-refractivity contribution in [2.75, 3.05) is 14.2 Å². The predicted octanol–water partition coefficient (Wildman–Crippen LogP) is 0.415. The average molecular weight is 226 g/mol. The molecule has 0 aromatic carbocycles. The quantitative estimate of drug-likeness (QED) is 0.783. The first-order chi connectivity index (χ1) is 7.56. The van der Waals surface area contributed by atoms with E-state index in [1.54, 1.807) is 0 Å². The predicted molar refractivity (Wildman–Crippen MR) is 59.4 cm³/mol. The van der Waals surface area contributed by atoms with Crippen molar-refractivity contribution in [2.24, 2.45) is 11.7 Å². The summed E-state index contributed by atoms with van der Waals surface area (Å²) in [5.74, 6) is 0.957. The zero-order valence-electron chi connectivity index (χ0n) is 10.1. The lowest BCUT2D eigenvalue weighted by Gasteiger charge is -2.14. The van der Waals surface area contributed by atoms with Gasteiger partial charge in [-0.05, 0) is 5.92 Å². The molecule has 0 spiro atoms. The summed E-state index contributed by atoms with van der Waals surface area (Å²) >= 11 is 0. The molecule has 0 aliphatic carbocycles. The van der Waals surface area contributed by atoms with Gasteiger partial charge in [0.25, 0.3) is 0 Å². The molecule has 0 radical (unpaired) electrons. The number of hydrogen-bond donors (Lipinski definition) is 1. The Kier molecular flexibility index (Phi) is 4.42. The maximum Gasteiger partial charge on any atom is 0.322 e. The zero-order valence-corrected chi connectivity index (χ0v) is 10.1. The monoisotopic (exact) mass is 226 g/mol. The molecule has 6 nitrogen and oxygen atoms in total. The molecule has 1 aromatic rings. The average Bonchev–Trinajstić information content (AvgIpc) is 2.28. The van der Waals surface area contributed by atoms with Crippen LogP contribution in [0.4, 0.5) is 0 Å². The Morgan fingerprint density at radius 2 is 1.56 bits per heavy atom. The van der Waals surface area contributed by atoms with Crippen LogP contribution in [0.5, 0.6) is 12.0 Å². The third kappa shape index (κ3) is 3.30. The van der Waals surface area contributed by atoms with Gasteiger partial charge in [-0.25, -0.2) is 0 Å². The van der Waals surface area contributed by atoms with Crippen LogP contribution < -0.4 is 15.2 Å². The van der Waals surface area contributed by atoms with E-state index in [0.29, 0.717) is 18.2 Å². The molecule has 0 aliphatic rings. The van der Waals surface area contributed by atoms with Crippen LogP contribution in [0.1, 0.15) is 19.7 Å². The van der Waals surface area contributed by atoms with Crippen molar-refractivity contribution in [3.63, 3.8) is 0 Å². The van der Waals surface area contributed by atoms with Gasteiger partial charge in [-0.3, -0.25) is 0 Å². The minimum atomic E-state index is 0.0109. The van der Waals surface area contributed by atoms with Gasteiger partial charge < -0.3 is 15.2 Å². The lowest BCUT2D eigenvalue weighted by atomic mass is 10.0. The molecule has 1 atom stereocenters. The SMILES string of the molecule is COc1nc(CC(N)C(C)C)nc(OC)n1. The Morgan fingerprint density at radius 3 is 1.94 bits per heavy atom. The standard InChI is InChI=1S/C10H18N4O2/c1-6(2)7(11)5-8-12-9(15-3)14-10(13-8)16-4/h6-7H,5,11H2,1-4H3. The van der Waals surface area contributed by atoms with Crippen LogP contribution in [0.3, 0.4) is 0 Å². The smallest absolute Gasteiger partial charge is 0.322 e. The Bertz CT molecular complexity index is 321. The largest absolute Gasteiger partial charge is 0.467 e. The van der Waals surface area contributed by atoms with Gasteiger partial charge in [0.2, 0.25) is 0 Å². The third-order valence-electron chi connectivity index (χ3n) is 2.28. The van der Waals surface area contributed by atoms with Crippen molar-refractivity contribution in [3.05, 3.63) is 5.82 Å². The van der Waals surface area contributed by atoms with Crippen molar-refractivity contribution in [3.8, 4) is 12.0 Å². The molecular formula is C10H18N4O2. The van der Waals surface area contributed by atoms with E-state index in [1.165, 1.54) is 14.2 Å². The molecule has 0 aliphatic heterocycles. The van der Waals surface area contributed by atoms with Gasteiger partial charge in [0.15, 0.2) is 0 Å². The third-order valence-corrected chi connectivity index (χ3v) is 2.28. The maximum absolute atomic E-state index is 5.95. The lowest BCUT2D eigenvalue weighted by Crippen LogP contribution is -2.29. The maximum atomic E-state index is 5.95. The van der Waals surface area contributed by atoms with Crippen LogP contribution in [0.2, 0.25) is 0 Å². The first-order valence-electron chi connectivity index (χ1n) is 5.15. The Balaban J connectivity index is 2.86. The second kappa shape index (κ2) is 5.60. The van der Waals surface area contributed by atoms with E-state index in [2.05, 4.69) is 28.8 Å². The van der Waals surface area contributed by atoms with Crippen LogP contribution in [0.15, 0.2) is 0 Å². The van der Waals surface area contributed by atoms with Gasteiger partial charge in [-0.1, -0.05) is 13.8 Å². The zero-order chi connectivity index (χ0) is 12.1. The summed E-state index contributed by atoms with van der Waals surface area (Å²) in [6.45, 7) is 4.11. The molecule has 16 heavy (non-hydrogen) atoms. The molecule has 0 saturated carbocycles. The van der Waals surface area contributed by atoms with Gasteiger partial charge in [0, 0.05) is 12.5 Å². The van der Waals surface area contributed by atoms with Gasteiger partial charge in [0.1, 0.15) is 5.82 Å². The topological polar surface area (TPSA) is 83.2 Å². The Labute approximate surface area is 95.2 Å². The molecule has 0 saturated heterocycles. The minimum Gasteiger partial charge on any atom is -0.467 e. The summed E-state index contributed by atoms with van der Waals surface area (Å²) < 4.78 is 9.91. The van der Waals surface area contributed by atoms with E-state index in [1.807, 2.05) is 0 Å². The van der Waals surface area contributed by atoms with Crippen LogP contribution in [0.25, 0.3) is 0 Å². The van der Waals surface area contributed by atoms with E-state index in [9.17, 15) is 0 Å². The second-order valence-corrected chi connectivity index (χ2v) is 3.84. The summed E-state index contributed by atoms with van der Waals surface area (Å²) in [4.78, 5) is 12.2. The molecule has 0 fully saturated rings. The van der Waals surface area contributed by atoms with Crippen LogP contribution >= 0.6 is 0 Å². The van der Waals surface area contributed by atoms with Crippen molar-refractivity contribution in [1.82, 2.24) is 15.0 Å². The van der Waals surface area contributed by atoms with Gasteiger partial charge in [-0.2, -0.15) is 9.97 Å². The van der Waals surface area contributed by atoms with Gasteiger partial charge in [0.05, 0.1) is 14.2 Å². The highest BCUT2D eigenvalue weighted by atomic mass is 16.5. The fraction of sp³-hybridized carbons (Fsp3) is 0.700. The van der Waals surface area contributed by atoms with Crippen LogP contribution in [-0.4, -0.2) is 35.2 Å². The minimum absolute atomic E-state index is 0.0109. The summed E-state index contributed by atoms with van der Waals surface area (Å²) in [7, 11) is 3.00. The fourth-order valence-electron chi connectivity index (χ4n) is 1.10. The number of rotatable bonds is 5. The van der Waals surface area contributed by atoms with Crippen molar-refractivity contribution >= 4 is 0 Å². The Hall–Kier alpha value is -1.43. The highest BCUT2D eigenvalue weighted by Gasteiger charge is 2.13. The first kappa shape index (κ1) is 12.6. The second-order valence-electron chi connectivity index (χ2n) is 3.84. The van der Waals surface area contributed by atoms with E-state index >= 15 is 0 Å². The van der Waals surface area contributed by atoms with E-state index in [4.69, 9.17) is 15.2 Å². The van der Waals surface area contributed by atoms with Crippen molar-refractivity contribution in [1.29, 1.82) is 0 Å². The van der Waals surface area contributed by atoms with Crippen molar-refractivity contribution < 1.29 is 9.47 Å². The van der Waals surface area contributed by atoms with Crippen molar-refractivity contribution in [2.45, 2.75) is 26.3 Å². The van der Waals surface area contributed by atoms with Gasteiger partial charge in [-0.15, -0.1) is 4.98 Å². The highest BCUT2D eigenvalue weighted by Crippen LogP contribution is 2.11. The summed E-state index contributed by atoms with van der Waals surface area (Å²) in [5.41, 5.74) is 5.95.